The Balaban J connectivity index is 2.08. The van der Waals surface area contributed by atoms with E-state index in [4.69, 9.17) is 0 Å². The van der Waals surface area contributed by atoms with Crippen LogP contribution >= 0.6 is 0 Å². The fourth-order valence-electron chi connectivity index (χ4n) is 2.57. The minimum Gasteiger partial charge on any atom is -0.325 e. The van der Waals surface area contributed by atoms with Crippen LogP contribution in [0.25, 0.3) is 21.7 Å². The summed E-state index contributed by atoms with van der Waals surface area (Å²) in [5.74, 6) is 0.393. The molecule has 0 atom stereocenters. The predicted octanol–water partition coefficient (Wildman–Crippen LogP) is 4.37. The molecule has 0 aliphatic heterocycles. The summed E-state index contributed by atoms with van der Waals surface area (Å²) >= 11 is 0. The number of aromatic nitrogens is 1. The molecule has 0 bridgehead atoms. The van der Waals surface area contributed by atoms with Crippen LogP contribution < -0.4 is 5.32 Å². The Bertz CT molecular complexity index is 809. The Labute approximate surface area is 124 Å². The third kappa shape index (κ3) is 2.72. The number of nitrogens with zero attached hydrogens (tertiary/aromatic N) is 1. The lowest BCUT2D eigenvalue weighted by molar-refractivity contribution is -0.116. The van der Waals surface area contributed by atoms with Crippen LogP contribution in [0.5, 0.6) is 0 Å². The summed E-state index contributed by atoms with van der Waals surface area (Å²) in [6.07, 6.45) is 2.27. The average molecular weight is 278 g/mol. The lowest BCUT2D eigenvalue weighted by Crippen LogP contribution is -2.14. The highest BCUT2D eigenvalue weighted by Gasteiger charge is 2.09. The number of pyridine rings is 1. The number of carbonyl (C=O) groups excluding carboxylic acids is 1. The number of benzene rings is 2. The zero-order chi connectivity index (χ0) is 14.8. The Hall–Kier alpha value is -2.42. The lowest BCUT2D eigenvalue weighted by atomic mass is 10.0. The first-order valence-electron chi connectivity index (χ1n) is 7.21. The van der Waals surface area contributed by atoms with E-state index in [9.17, 15) is 4.79 Å². The summed E-state index contributed by atoms with van der Waals surface area (Å²) in [5, 5.41) is 6.24. The second-order valence-corrected chi connectivity index (χ2v) is 5.69. The van der Waals surface area contributed by atoms with Crippen LogP contribution in [0.15, 0.2) is 48.7 Å². The smallest absolute Gasteiger partial charge is 0.224 e. The third-order valence-electron chi connectivity index (χ3n) is 3.50. The van der Waals surface area contributed by atoms with Gasteiger partial charge >= 0.3 is 0 Å². The molecular formula is C18H18N2O. The topological polar surface area (TPSA) is 42.0 Å². The van der Waals surface area contributed by atoms with Crippen LogP contribution in [0, 0.1) is 5.92 Å². The second kappa shape index (κ2) is 5.52. The van der Waals surface area contributed by atoms with Crippen LogP contribution in [-0.2, 0) is 4.79 Å². The maximum Gasteiger partial charge on any atom is 0.224 e. The molecule has 3 heteroatoms. The maximum atomic E-state index is 12.0. The van der Waals surface area contributed by atoms with Crippen molar-refractivity contribution in [2.24, 2.45) is 5.92 Å². The molecule has 1 N–H and O–H groups in total. The first-order valence-corrected chi connectivity index (χ1v) is 7.21. The van der Waals surface area contributed by atoms with Crippen LogP contribution in [0.3, 0.4) is 0 Å². The normalized spacial score (nSPS) is 11.2. The van der Waals surface area contributed by atoms with Crippen LogP contribution in [-0.4, -0.2) is 10.9 Å². The number of amides is 1. The van der Waals surface area contributed by atoms with Crippen molar-refractivity contribution in [1.82, 2.24) is 4.98 Å². The zero-order valence-corrected chi connectivity index (χ0v) is 12.3. The minimum atomic E-state index is 0.0469. The maximum absolute atomic E-state index is 12.0. The molecular weight excluding hydrogens is 260 g/mol. The fourth-order valence-corrected chi connectivity index (χ4v) is 2.57. The number of hydrogen-bond acceptors (Lipinski definition) is 2. The number of carbonyl (C=O) groups is 1. The van der Waals surface area contributed by atoms with E-state index in [-0.39, 0.29) is 5.91 Å². The molecule has 1 aromatic heterocycles. The Morgan fingerprint density at radius 3 is 2.71 bits per heavy atom. The van der Waals surface area contributed by atoms with Crippen molar-refractivity contribution in [1.29, 1.82) is 0 Å². The molecule has 0 saturated heterocycles. The van der Waals surface area contributed by atoms with Gasteiger partial charge in [-0.15, -0.1) is 0 Å². The number of nitrogens with one attached hydrogen (secondary N) is 1. The van der Waals surface area contributed by atoms with Gasteiger partial charge in [-0.2, -0.15) is 0 Å². The quantitative estimate of drug-likeness (QED) is 0.723. The Morgan fingerprint density at radius 1 is 1.10 bits per heavy atom. The average Bonchev–Trinajstić information content (AvgIpc) is 2.46. The Morgan fingerprint density at radius 2 is 1.90 bits per heavy atom. The molecule has 0 aliphatic carbocycles. The van der Waals surface area contributed by atoms with Gasteiger partial charge in [-0.3, -0.25) is 9.78 Å². The van der Waals surface area contributed by atoms with E-state index in [0.29, 0.717) is 12.3 Å². The molecule has 0 unspecified atom stereocenters. The summed E-state index contributed by atoms with van der Waals surface area (Å²) in [4.78, 5) is 16.5. The van der Waals surface area contributed by atoms with Crippen LogP contribution in [0.4, 0.5) is 5.69 Å². The first-order chi connectivity index (χ1) is 10.1. The first kappa shape index (κ1) is 13.6. The molecule has 3 aromatic rings. The van der Waals surface area contributed by atoms with Gasteiger partial charge in [0.2, 0.25) is 5.91 Å². The zero-order valence-electron chi connectivity index (χ0n) is 12.3. The van der Waals surface area contributed by atoms with Crippen molar-refractivity contribution in [3.63, 3.8) is 0 Å². The van der Waals surface area contributed by atoms with Crippen molar-refractivity contribution >= 4 is 33.3 Å². The van der Waals surface area contributed by atoms with Gasteiger partial charge in [-0.05, 0) is 17.4 Å². The number of fused-ring (bicyclic) bond motifs is 3. The third-order valence-corrected chi connectivity index (χ3v) is 3.50. The molecule has 21 heavy (non-hydrogen) atoms. The van der Waals surface area contributed by atoms with Gasteiger partial charge in [0.1, 0.15) is 0 Å². The lowest BCUT2D eigenvalue weighted by Gasteiger charge is -2.11. The van der Waals surface area contributed by atoms with Gasteiger partial charge in [0.05, 0.1) is 11.2 Å². The second-order valence-electron chi connectivity index (χ2n) is 5.69. The van der Waals surface area contributed by atoms with Gasteiger partial charge in [0.25, 0.3) is 0 Å². The molecule has 0 saturated carbocycles. The molecule has 106 valence electrons. The standard InChI is InChI=1S/C18H18N2O/c1-12(2)11-17(21)20-16-9-10-19-18-14-6-4-3-5-13(14)7-8-15(16)18/h3-10,12H,11H2,1-2H3,(H,19,20,21). The van der Waals surface area contributed by atoms with E-state index >= 15 is 0 Å². The molecule has 1 heterocycles. The van der Waals surface area contributed by atoms with Crippen molar-refractivity contribution in [2.75, 3.05) is 5.32 Å². The minimum absolute atomic E-state index is 0.0469. The molecule has 3 rings (SSSR count). The molecule has 1 amide bonds. The fraction of sp³-hybridized carbons (Fsp3) is 0.222. The van der Waals surface area contributed by atoms with Gasteiger partial charge < -0.3 is 5.32 Å². The highest BCUT2D eigenvalue weighted by molar-refractivity contribution is 6.11. The summed E-state index contributed by atoms with van der Waals surface area (Å²) in [6, 6.07) is 14.1. The molecule has 0 radical (unpaired) electrons. The van der Waals surface area contributed by atoms with Crippen molar-refractivity contribution in [3.8, 4) is 0 Å². The van der Waals surface area contributed by atoms with Crippen LogP contribution in [0.2, 0.25) is 0 Å². The molecule has 0 fully saturated rings. The summed E-state index contributed by atoms with van der Waals surface area (Å²) < 4.78 is 0. The number of anilines is 1. The van der Waals surface area contributed by atoms with E-state index in [1.165, 1.54) is 0 Å². The highest BCUT2D eigenvalue weighted by atomic mass is 16.1. The van der Waals surface area contributed by atoms with Gasteiger partial charge in [-0.1, -0.05) is 50.2 Å². The number of hydrogen-bond donors (Lipinski definition) is 1. The molecule has 3 nitrogen and oxygen atoms in total. The molecule has 2 aromatic carbocycles. The van der Waals surface area contributed by atoms with E-state index in [1.807, 2.05) is 38.1 Å². The van der Waals surface area contributed by atoms with Crippen molar-refractivity contribution < 1.29 is 4.79 Å². The van der Waals surface area contributed by atoms with E-state index in [2.05, 4.69) is 28.5 Å². The largest absolute Gasteiger partial charge is 0.325 e. The van der Waals surface area contributed by atoms with Gasteiger partial charge in [-0.25, -0.2) is 0 Å². The summed E-state index contributed by atoms with van der Waals surface area (Å²) in [5.41, 5.74) is 1.76. The number of rotatable bonds is 3. The molecule has 0 aliphatic rings. The van der Waals surface area contributed by atoms with E-state index in [1.54, 1.807) is 6.20 Å². The molecule has 0 spiro atoms. The van der Waals surface area contributed by atoms with Crippen molar-refractivity contribution in [3.05, 3.63) is 48.7 Å². The SMILES string of the molecule is CC(C)CC(=O)Nc1ccnc2c1ccc1ccccc12. The van der Waals surface area contributed by atoms with Crippen LogP contribution in [0.1, 0.15) is 20.3 Å². The van der Waals surface area contributed by atoms with Crippen molar-refractivity contribution in [2.45, 2.75) is 20.3 Å². The summed E-state index contributed by atoms with van der Waals surface area (Å²) in [7, 11) is 0. The van der Waals surface area contributed by atoms with E-state index < -0.39 is 0 Å². The Kier molecular flexibility index (Phi) is 3.57. The highest BCUT2D eigenvalue weighted by Crippen LogP contribution is 2.28. The van der Waals surface area contributed by atoms with Gasteiger partial charge in [0, 0.05) is 23.4 Å². The van der Waals surface area contributed by atoms with E-state index in [0.717, 1.165) is 27.4 Å². The van der Waals surface area contributed by atoms with Gasteiger partial charge in [0.15, 0.2) is 0 Å². The monoisotopic (exact) mass is 278 g/mol. The predicted molar refractivity (Wildman–Crippen MR) is 87.3 cm³/mol. The summed E-state index contributed by atoms with van der Waals surface area (Å²) in [6.45, 7) is 4.08.